The predicted molar refractivity (Wildman–Crippen MR) is 169 cm³/mol. The summed E-state index contributed by atoms with van der Waals surface area (Å²) in [4.78, 5) is 0. The third kappa shape index (κ3) is 5.37. The Balaban J connectivity index is 0.000000766. The molecule has 6 aliphatic carbocycles. The van der Waals surface area contributed by atoms with Crippen LogP contribution >= 0.6 is 17.0 Å². The van der Waals surface area contributed by atoms with E-state index in [0.29, 0.717) is 10.8 Å². The monoisotopic (exact) mass is 654 g/mol. The molecule has 0 nitrogen and oxygen atoms in total. The third-order valence-corrected chi connectivity index (χ3v) is 18.7. The normalized spacial score (nSPS) is 48.5. The molecule has 0 N–H and O–H groups in total. The summed E-state index contributed by atoms with van der Waals surface area (Å²) in [7, 11) is 8.33. The van der Waals surface area contributed by atoms with E-state index in [-0.39, 0.29) is 14.9 Å². The number of halogens is 2. The van der Waals surface area contributed by atoms with Gasteiger partial charge in [-0.25, -0.2) is 0 Å². The summed E-state index contributed by atoms with van der Waals surface area (Å²) < 4.78 is 0. The van der Waals surface area contributed by atoms with Crippen molar-refractivity contribution in [2.45, 2.75) is 116 Å². The molecule has 0 bridgehead atoms. The summed E-state index contributed by atoms with van der Waals surface area (Å²) in [5.41, 5.74) is 2.84. The zero-order valence-corrected chi connectivity index (χ0v) is 30.9. The van der Waals surface area contributed by atoms with Crippen LogP contribution in [0.4, 0.5) is 0 Å². The molecule has 0 aromatic heterocycles. The summed E-state index contributed by atoms with van der Waals surface area (Å²) >= 11 is -0.826. The molecule has 38 heavy (non-hydrogen) atoms. The summed E-state index contributed by atoms with van der Waals surface area (Å²) in [6, 6.07) is 0. The molecule has 216 valence electrons. The van der Waals surface area contributed by atoms with E-state index in [9.17, 15) is 0 Å². The minimum absolute atomic E-state index is 0. The van der Waals surface area contributed by atoms with Gasteiger partial charge in [-0.1, -0.05) is 90.8 Å². The van der Waals surface area contributed by atoms with Crippen molar-refractivity contribution in [1.82, 2.24) is 0 Å². The first kappa shape index (κ1) is 33.7. The van der Waals surface area contributed by atoms with Gasteiger partial charge in [0.15, 0.2) is 0 Å². The van der Waals surface area contributed by atoms with Crippen LogP contribution in [-0.2, 0) is 20.8 Å². The molecule has 0 saturated heterocycles. The van der Waals surface area contributed by atoms with Crippen molar-refractivity contribution in [2.24, 2.45) is 58.2 Å². The maximum absolute atomic E-state index is 4.93. The molecule has 12 atom stereocenters. The third-order valence-electron chi connectivity index (χ3n) is 13.1. The molecular formula is C34H58Cl2SiZr. The molecule has 0 heterocycles. The van der Waals surface area contributed by atoms with Gasteiger partial charge in [0.2, 0.25) is 0 Å². The van der Waals surface area contributed by atoms with Crippen molar-refractivity contribution in [3.8, 4) is 0 Å². The van der Waals surface area contributed by atoms with Gasteiger partial charge in [0, 0.05) is 0 Å². The Morgan fingerprint density at radius 3 is 1.39 bits per heavy atom. The molecule has 0 amide bonds. The standard InChI is InChI=1S/C32H52Si.2CH3.2ClH.Zr/c1-21-19-27-25-13-9-7-11-23(25)15-17-31(27,3)29(21)33(5,6)30-22(2)20-28-26-14-10-8-12-24(26)16-18-32(28,30)4;;;;;/h15-18,21-30H,7-14,19-20H2,1-6H3;2*1H3;2*1H;/q;2*-1;;;+4/p-2. The number of fused-ring (bicyclic) bond motifs is 6. The minimum atomic E-state index is -1.54. The molecule has 12 unspecified atom stereocenters. The molecule has 0 aliphatic heterocycles. The fourth-order valence-electron chi connectivity index (χ4n) is 12.8. The van der Waals surface area contributed by atoms with Crippen LogP contribution in [0.3, 0.4) is 0 Å². The molecule has 4 fully saturated rings. The van der Waals surface area contributed by atoms with Crippen molar-refractivity contribution in [3.05, 3.63) is 39.2 Å². The second kappa shape index (κ2) is 12.8. The first-order valence-electron chi connectivity index (χ1n) is 15.4. The van der Waals surface area contributed by atoms with E-state index in [2.05, 4.69) is 65.1 Å². The van der Waals surface area contributed by atoms with Crippen LogP contribution in [0.1, 0.15) is 91.9 Å². The van der Waals surface area contributed by atoms with Gasteiger partial charge in [0.1, 0.15) is 0 Å². The van der Waals surface area contributed by atoms with Gasteiger partial charge in [-0.15, -0.1) is 0 Å². The van der Waals surface area contributed by atoms with Gasteiger partial charge in [-0.05, 0) is 108 Å². The van der Waals surface area contributed by atoms with E-state index in [0.717, 1.165) is 58.4 Å². The Labute approximate surface area is 257 Å². The van der Waals surface area contributed by atoms with Crippen molar-refractivity contribution in [1.29, 1.82) is 0 Å². The van der Waals surface area contributed by atoms with E-state index in [1.165, 1.54) is 64.2 Å². The number of hydrogen-bond acceptors (Lipinski definition) is 0. The number of allylic oxidation sites excluding steroid dienone is 4. The van der Waals surface area contributed by atoms with Crippen LogP contribution < -0.4 is 0 Å². The topological polar surface area (TPSA) is 0 Å². The number of hydrogen-bond donors (Lipinski definition) is 0. The molecule has 0 aromatic carbocycles. The average molecular weight is 657 g/mol. The molecular weight excluding hydrogens is 599 g/mol. The molecule has 4 saturated carbocycles. The van der Waals surface area contributed by atoms with Gasteiger partial charge in [0.25, 0.3) is 0 Å². The van der Waals surface area contributed by atoms with Crippen molar-refractivity contribution in [3.63, 3.8) is 0 Å². The Bertz CT molecular complexity index is 789. The van der Waals surface area contributed by atoms with Crippen LogP contribution in [-0.4, -0.2) is 8.07 Å². The van der Waals surface area contributed by atoms with E-state index in [1.807, 2.05) is 0 Å². The Hall–Kier alpha value is 1.16. The summed E-state index contributed by atoms with van der Waals surface area (Å²) in [5.74, 6) is 7.55. The Kier molecular flexibility index (Phi) is 11.3. The van der Waals surface area contributed by atoms with E-state index in [4.69, 9.17) is 17.0 Å². The SMILES string of the molecule is CC1CC2C3CCCCC3C=CC2(C)C1[Si](C)(C)C1C(C)CC2C3CCCCC3C=CC21C.[CH3-].[CH3-].[Cl][Zr+2][Cl]. The van der Waals surface area contributed by atoms with Gasteiger partial charge in [-0.2, -0.15) is 0 Å². The van der Waals surface area contributed by atoms with Gasteiger partial charge >= 0.3 is 37.9 Å². The zero-order valence-electron chi connectivity index (χ0n) is 25.9. The van der Waals surface area contributed by atoms with Gasteiger partial charge in [-0.3, -0.25) is 0 Å². The van der Waals surface area contributed by atoms with Crippen LogP contribution in [0.5, 0.6) is 0 Å². The van der Waals surface area contributed by atoms with E-state index >= 15 is 0 Å². The molecule has 6 rings (SSSR count). The van der Waals surface area contributed by atoms with Crippen molar-refractivity contribution in [2.75, 3.05) is 0 Å². The van der Waals surface area contributed by atoms with Crippen LogP contribution in [0.2, 0.25) is 24.2 Å². The summed E-state index contributed by atoms with van der Waals surface area (Å²) in [5, 5.41) is 0. The van der Waals surface area contributed by atoms with Crippen LogP contribution in [0.15, 0.2) is 24.3 Å². The van der Waals surface area contributed by atoms with Crippen molar-refractivity contribution >= 4 is 25.1 Å². The van der Waals surface area contributed by atoms with Gasteiger partial charge < -0.3 is 14.9 Å². The summed E-state index contributed by atoms with van der Waals surface area (Å²) in [6.07, 6.45) is 26.1. The van der Waals surface area contributed by atoms with Gasteiger partial charge in [0.05, 0.1) is 8.07 Å². The first-order chi connectivity index (χ1) is 17.1. The second-order valence-electron chi connectivity index (χ2n) is 15.2. The number of rotatable bonds is 2. The Morgan fingerprint density at radius 1 is 0.684 bits per heavy atom. The van der Waals surface area contributed by atoms with E-state index < -0.39 is 28.9 Å². The molecule has 0 aromatic rings. The van der Waals surface area contributed by atoms with Crippen LogP contribution in [0.25, 0.3) is 0 Å². The van der Waals surface area contributed by atoms with E-state index in [1.54, 1.807) is 0 Å². The van der Waals surface area contributed by atoms with Crippen molar-refractivity contribution < 1.29 is 20.8 Å². The predicted octanol–water partition coefficient (Wildman–Crippen LogP) is 11.8. The maximum atomic E-state index is 4.93. The summed E-state index contributed by atoms with van der Waals surface area (Å²) in [6.45, 7) is 16.6. The zero-order chi connectivity index (χ0) is 25.9. The fourth-order valence-corrected chi connectivity index (χ4v) is 20.2. The molecule has 0 spiro atoms. The molecule has 0 radical (unpaired) electrons. The average Bonchev–Trinajstić information content (AvgIpc) is 3.29. The fraction of sp³-hybridized carbons (Fsp3) is 0.824. The molecule has 6 aliphatic rings. The second-order valence-corrected chi connectivity index (χ2v) is 23.8. The quantitative estimate of drug-likeness (QED) is 0.158. The Morgan fingerprint density at radius 2 is 1.03 bits per heavy atom. The van der Waals surface area contributed by atoms with Crippen LogP contribution in [0, 0.1) is 73.0 Å². The molecule has 4 heteroatoms. The first-order valence-corrected chi connectivity index (χ1v) is 24.9.